The minimum Gasteiger partial charge on any atom is -0.462 e. The lowest BCUT2D eigenvalue weighted by molar-refractivity contribution is -0.305. The first-order valence-electron chi connectivity index (χ1n) is 20.2. The predicted octanol–water partition coefficient (Wildman–Crippen LogP) is 7.71. The van der Waals surface area contributed by atoms with Crippen molar-refractivity contribution >= 4 is 11.9 Å². The van der Waals surface area contributed by atoms with Crippen LogP contribution in [0.3, 0.4) is 0 Å². The van der Waals surface area contributed by atoms with Crippen LogP contribution in [0, 0.1) is 0 Å². The van der Waals surface area contributed by atoms with Crippen molar-refractivity contribution in [3.63, 3.8) is 0 Å². The molecule has 1 rings (SSSR count). The Morgan fingerprint density at radius 1 is 0.615 bits per heavy atom. The number of carbonyl (C=O) groups excluding carboxylic acids is 2. The zero-order valence-corrected chi connectivity index (χ0v) is 32.3. The van der Waals surface area contributed by atoms with Gasteiger partial charge in [-0.3, -0.25) is 9.59 Å². The van der Waals surface area contributed by atoms with E-state index in [-0.39, 0.29) is 32.0 Å². The first kappa shape index (κ1) is 47.7. The van der Waals surface area contributed by atoms with Crippen molar-refractivity contribution in [2.75, 3.05) is 19.8 Å². The molecule has 4 N–H and O–H groups in total. The maximum absolute atomic E-state index is 12.7. The van der Waals surface area contributed by atoms with Crippen molar-refractivity contribution < 1.29 is 49.0 Å². The molecule has 1 aliphatic heterocycles. The predicted molar refractivity (Wildman–Crippen MR) is 205 cm³/mol. The molecule has 1 saturated heterocycles. The summed E-state index contributed by atoms with van der Waals surface area (Å²) in [6.45, 7) is 3.25. The van der Waals surface area contributed by atoms with Gasteiger partial charge in [-0.05, 0) is 51.4 Å². The summed E-state index contributed by atoms with van der Waals surface area (Å²) in [6.07, 6.45) is 29.8. The molecule has 52 heavy (non-hydrogen) atoms. The third-order valence-corrected chi connectivity index (χ3v) is 8.98. The number of unbranched alkanes of at least 4 members (excludes halogenated alkanes) is 13. The van der Waals surface area contributed by atoms with Gasteiger partial charge in [0, 0.05) is 12.8 Å². The first-order chi connectivity index (χ1) is 25.3. The van der Waals surface area contributed by atoms with E-state index in [0.717, 1.165) is 70.6 Å². The van der Waals surface area contributed by atoms with Crippen LogP contribution in [-0.2, 0) is 28.5 Å². The molecule has 0 bridgehead atoms. The van der Waals surface area contributed by atoms with E-state index < -0.39 is 49.4 Å². The van der Waals surface area contributed by atoms with E-state index in [2.05, 4.69) is 62.5 Å². The molecule has 0 aliphatic carbocycles. The molecule has 0 radical (unpaired) electrons. The number of ether oxygens (including phenoxy) is 4. The monoisotopic (exact) mass is 737 g/mol. The van der Waals surface area contributed by atoms with E-state index in [9.17, 15) is 30.0 Å². The fourth-order valence-corrected chi connectivity index (χ4v) is 5.77. The van der Waals surface area contributed by atoms with E-state index in [4.69, 9.17) is 18.9 Å². The van der Waals surface area contributed by atoms with Gasteiger partial charge in [0.25, 0.3) is 0 Å². The van der Waals surface area contributed by atoms with E-state index in [0.29, 0.717) is 6.42 Å². The molecule has 0 aromatic heterocycles. The zero-order valence-electron chi connectivity index (χ0n) is 32.3. The summed E-state index contributed by atoms with van der Waals surface area (Å²) in [7, 11) is 0. The second-order valence-electron chi connectivity index (χ2n) is 13.7. The highest BCUT2D eigenvalue weighted by Gasteiger charge is 2.44. The molecule has 0 spiro atoms. The minimum absolute atomic E-state index is 0.201. The number of esters is 2. The lowest BCUT2D eigenvalue weighted by atomic mass is 9.99. The Hall–Kier alpha value is -2.34. The van der Waals surface area contributed by atoms with Gasteiger partial charge < -0.3 is 39.4 Å². The van der Waals surface area contributed by atoms with Gasteiger partial charge in [0.05, 0.1) is 13.2 Å². The molecule has 0 aromatic carbocycles. The highest BCUT2D eigenvalue weighted by molar-refractivity contribution is 5.70. The summed E-state index contributed by atoms with van der Waals surface area (Å²) in [5, 5.41) is 39.9. The number of aliphatic hydroxyl groups excluding tert-OH is 4. The summed E-state index contributed by atoms with van der Waals surface area (Å²) in [6, 6.07) is 0. The Labute approximate surface area is 314 Å². The molecular weight excluding hydrogens is 664 g/mol. The highest BCUT2D eigenvalue weighted by Crippen LogP contribution is 2.22. The van der Waals surface area contributed by atoms with Gasteiger partial charge in [-0.25, -0.2) is 0 Å². The maximum Gasteiger partial charge on any atom is 0.306 e. The molecule has 0 saturated carbocycles. The topological polar surface area (TPSA) is 152 Å². The van der Waals surface area contributed by atoms with Crippen molar-refractivity contribution in [2.24, 2.45) is 0 Å². The Bertz CT molecular complexity index is 991. The SMILES string of the molecule is CC/C=C\C/C=C\C/C=C\C/C=C\CCCCCCC(=O)OC(COC(=O)CCCCCCCCCCCC)COC1OC(CO)C(O)C(O)C1O. The van der Waals surface area contributed by atoms with Crippen LogP contribution >= 0.6 is 0 Å². The first-order valence-corrected chi connectivity index (χ1v) is 20.2. The van der Waals surface area contributed by atoms with Crippen molar-refractivity contribution in [3.05, 3.63) is 48.6 Å². The highest BCUT2D eigenvalue weighted by atomic mass is 16.7. The van der Waals surface area contributed by atoms with Crippen LogP contribution in [0.1, 0.15) is 149 Å². The normalized spacial score (nSPS) is 21.5. The van der Waals surface area contributed by atoms with Crippen molar-refractivity contribution in [1.82, 2.24) is 0 Å². The zero-order chi connectivity index (χ0) is 38.1. The molecule has 1 fully saturated rings. The average molecular weight is 737 g/mol. The number of rotatable bonds is 32. The smallest absolute Gasteiger partial charge is 0.306 e. The molecule has 0 aromatic rings. The van der Waals surface area contributed by atoms with E-state index in [1.165, 1.54) is 44.9 Å². The van der Waals surface area contributed by atoms with Crippen LogP contribution in [-0.4, -0.2) is 89.0 Å². The van der Waals surface area contributed by atoms with E-state index >= 15 is 0 Å². The number of hydrogen-bond acceptors (Lipinski definition) is 10. The second kappa shape index (κ2) is 33.2. The molecule has 6 atom stereocenters. The maximum atomic E-state index is 12.7. The van der Waals surface area contributed by atoms with Gasteiger partial charge in [0.15, 0.2) is 12.4 Å². The van der Waals surface area contributed by atoms with Gasteiger partial charge in [-0.2, -0.15) is 0 Å². The Balaban J connectivity index is 2.40. The quantitative estimate of drug-likeness (QED) is 0.0307. The lowest BCUT2D eigenvalue weighted by Crippen LogP contribution is -2.59. The average Bonchev–Trinajstić information content (AvgIpc) is 3.14. The van der Waals surface area contributed by atoms with Crippen molar-refractivity contribution in [3.8, 4) is 0 Å². The Morgan fingerprint density at radius 3 is 1.71 bits per heavy atom. The summed E-state index contributed by atoms with van der Waals surface area (Å²) < 4.78 is 22.0. The molecule has 0 amide bonds. The second-order valence-corrected chi connectivity index (χ2v) is 13.7. The molecule has 6 unspecified atom stereocenters. The summed E-state index contributed by atoms with van der Waals surface area (Å²) in [4.78, 5) is 25.2. The summed E-state index contributed by atoms with van der Waals surface area (Å²) >= 11 is 0. The lowest BCUT2D eigenvalue weighted by Gasteiger charge is -2.39. The fraction of sp³-hybridized carbons (Fsp3) is 0.762. The van der Waals surface area contributed by atoms with Gasteiger partial charge in [-0.1, -0.05) is 133 Å². The summed E-state index contributed by atoms with van der Waals surface area (Å²) in [5.41, 5.74) is 0. The van der Waals surface area contributed by atoms with Gasteiger partial charge >= 0.3 is 11.9 Å². The molecule has 1 aliphatic rings. The number of carbonyl (C=O) groups is 2. The van der Waals surface area contributed by atoms with Crippen LogP contribution in [0.2, 0.25) is 0 Å². The van der Waals surface area contributed by atoms with Crippen LogP contribution in [0.4, 0.5) is 0 Å². The largest absolute Gasteiger partial charge is 0.462 e. The minimum atomic E-state index is -1.60. The fourth-order valence-electron chi connectivity index (χ4n) is 5.77. The Kier molecular flexibility index (Phi) is 30.5. The number of hydrogen-bond donors (Lipinski definition) is 4. The number of allylic oxidation sites excluding steroid dienone is 8. The van der Waals surface area contributed by atoms with Crippen LogP contribution in [0.25, 0.3) is 0 Å². The Morgan fingerprint density at radius 2 is 1.13 bits per heavy atom. The molecule has 10 nitrogen and oxygen atoms in total. The van der Waals surface area contributed by atoms with Crippen LogP contribution < -0.4 is 0 Å². The van der Waals surface area contributed by atoms with E-state index in [1.54, 1.807) is 0 Å². The van der Waals surface area contributed by atoms with Gasteiger partial charge in [0.1, 0.15) is 31.0 Å². The third kappa shape index (κ3) is 24.8. The van der Waals surface area contributed by atoms with Crippen LogP contribution in [0.5, 0.6) is 0 Å². The van der Waals surface area contributed by atoms with Crippen molar-refractivity contribution in [1.29, 1.82) is 0 Å². The van der Waals surface area contributed by atoms with Gasteiger partial charge in [-0.15, -0.1) is 0 Å². The van der Waals surface area contributed by atoms with Crippen LogP contribution in [0.15, 0.2) is 48.6 Å². The molecule has 300 valence electrons. The molecule has 10 heteroatoms. The standard InChI is InChI=1S/C42H72O10/c1-3-5-7-9-11-13-15-16-17-18-19-20-21-23-25-27-29-31-38(45)51-35(34-50-42-41(48)40(47)39(46)36(32-43)52-42)33-49-37(44)30-28-26-24-22-14-12-10-8-6-4-2/h5,7,11,13,16-17,19-20,35-36,39-43,46-48H,3-4,6,8-10,12,14-15,18,21-34H2,1-2H3/b7-5-,13-11-,17-16-,20-19-. The number of aliphatic hydroxyl groups is 4. The van der Waals surface area contributed by atoms with Gasteiger partial charge in [0.2, 0.25) is 0 Å². The molecular formula is C42H72O10. The molecule has 1 heterocycles. The third-order valence-electron chi connectivity index (χ3n) is 8.98. The van der Waals surface area contributed by atoms with Crippen molar-refractivity contribution in [2.45, 2.75) is 185 Å². The van der Waals surface area contributed by atoms with E-state index in [1.807, 2.05) is 0 Å². The summed E-state index contributed by atoms with van der Waals surface area (Å²) in [5.74, 6) is -0.839.